The number of hydrogen-bond acceptors (Lipinski definition) is 4. The first-order chi connectivity index (χ1) is 9.90. The quantitative estimate of drug-likeness (QED) is 0.773. The molecule has 0 bridgehead atoms. The monoisotopic (exact) mass is 265 g/mol. The summed E-state index contributed by atoms with van der Waals surface area (Å²) < 4.78 is 10.6. The highest BCUT2D eigenvalue weighted by Crippen LogP contribution is 2.27. The maximum atomic E-state index is 5.30. The van der Waals surface area contributed by atoms with Gasteiger partial charge in [-0.2, -0.15) is 0 Å². The maximum absolute atomic E-state index is 5.30. The lowest BCUT2D eigenvalue weighted by Gasteiger charge is -2.10. The van der Waals surface area contributed by atoms with Crippen molar-refractivity contribution >= 4 is 11.2 Å². The Balaban J connectivity index is 1.67. The topological polar surface area (TPSA) is 60.0 Å². The minimum absolute atomic E-state index is 0.338. The van der Waals surface area contributed by atoms with E-state index < -0.39 is 0 Å². The number of hydrogen-bond donors (Lipinski definition) is 1. The molecule has 2 aromatic heterocycles. The Morgan fingerprint density at radius 1 is 0.950 bits per heavy atom. The molecular weight excluding hydrogens is 254 g/mol. The molecule has 98 valence electrons. The highest BCUT2D eigenvalue weighted by atomic mass is 16.7. The van der Waals surface area contributed by atoms with Crippen molar-refractivity contribution in [2.45, 2.75) is 6.29 Å². The Labute approximate surface area is 114 Å². The molecule has 4 rings (SSSR count). The van der Waals surface area contributed by atoms with E-state index in [-0.39, 0.29) is 6.29 Å². The van der Waals surface area contributed by atoms with Gasteiger partial charge in [-0.15, -0.1) is 0 Å². The van der Waals surface area contributed by atoms with E-state index in [2.05, 4.69) is 15.0 Å². The number of aromatic amines is 1. The average molecular weight is 265 g/mol. The van der Waals surface area contributed by atoms with Gasteiger partial charge in [-0.25, -0.2) is 4.98 Å². The number of H-pyrrole nitrogens is 1. The van der Waals surface area contributed by atoms with Crippen molar-refractivity contribution in [3.05, 3.63) is 60.8 Å². The largest absolute Gasteiger partial charge is 0.455 e. The first kappa shape index (κ1) is 11.0. The van der Waals surface area contributed by atoms with E-state index in [1.807, 2.05) is 30.3 Å². The molecule has 5 heteroatoms. The van der Waals surface area contributed by atoms with E-state index in [0.29, 0.717) is 0 Å². The first-order valence-electron chi connectivity index (χ1n) is 6.26. The third-order valence-electron chi connectivity index (χ3n) is 3.21. The van der Waals surface area contributed by atoms with Gasteiger partial charge in [-0.1, -0.05) is 24.3 Å². The summed E-state index contributed by atoms with van der Waals surface area (Å²) in [5.74, 6) is 0. The van der Waals surface area contributed by atoms with E-state index in [1.54, 1.807) is 24.9 Å². The number of fused-ring (bicyclic) bond motifs is 1. The Morgan fingerprint density at radius 2 is 1.70 bits per heavy atom. The normalized spacial score (nSPS) is 14.4. The second-order valence-corrected chi connectivity index (χ2v) is 4.47. The van der Waals surface area contributed by atoms with Crippen LogP contribution in [-0.2, 0) is 9.47 Å². The highest BCUT2D eigenvalue weighted by Gasteiger charge is 2.15. The van der Waals surface area contributed by atoms with E-state index >= 15 is 0 Å². The molecule has 0 unspecified atom stereocenters. The van der Waals surface area contributed by atoms with Crippen LogP contribution in [0.15, 0.2) is 55.2 Å². The molecule has 1 aliphatic heterocycles. The summed E-state index contributed by atoms with van der Waals surface area (Å²) in [5, 5.41) is 0. The van der Waals surface area contributed by atoms with Gasteiger partial charge in [0.25, 0.3) is 6.29 Å². The molecule has 3 aromatic rings. The standard InChI is InChI=1S/C15H11N3O2/c1-3-11(15-19-7-8-20-15)4-2-10(1)12-9-13-14(18-12)17-6-5-16-13/h1-9,15H,(H,17,18). The van der Waals surface area contributed by atoms with Gasteiger partial charge in [-0.05, 0) is 11.6 Å². The summed E-state index contributed by atoms with van der Waals surface area (Å²) in [6, 6.07) is 10.00. The molecule has 0 aliphatic carbocycles. The molecule has 1 aliphatic rings. The van der Waals surface area contributed by atoms with Gasteiger partial charge in [-0.3, -0.25) is 4.98 Å². The minimum atomic E-state index is -0.338. The zero-order valence-corrected chi connectivity index (χ0v) is 10.5. The van der Waals surface area contributed by atoms with Crippen LogP contribution in [0.1, 0.15) is 11.9 Å². The number of benzene rings is 1. The molecule has 0 atom stereocenters. The van der Waals surface area contributed by atoms with Gasteiger partial charge in [0.1, 0.15) is 18.0 Å². The lowest BCUT2D eigenvalue weighted by molar-refractivity contribution is -0.0245. The van der Waals surface area contributed by atoms with Crippen LogP contribution in [-0.4, -0.2) is 15.0 Å². The average Bonchev–Trinajstić information content (AvgIpc) is 3.17. The number of rotatable bonds is 2. The summed E-state index contributed by atoms with van der Waals surface area (Å²) in [5.41, 5.74) is 4.69. The first-order valence-corrected chi connectivity index (χ1v) is 6.26. The fraction of sp³-hybridized carbons (Fsp3) is 0.0667. The van der Waals surface area contributed by atoms with Gasteiger partial charge in [0.15, 0.2) is 5.65 Å². The van der Waals surface area contributed by atoms with E-state index in [9.17, 15) is 0 Å². The van der Waals surface area contributed by atoms with Crippen molar-refractivity contribution < 1.29 is 9.47 Å². The third-order valence-corrected chi connectivity index (χ3v) is 3.21. The molecule has 1 aromatic carbocycles. The molecule has 3 heterocycles. The molecule has 5 nitrogen and oxygen atoms in total. The van der Waals surface area contributed by atoms with Crippen molar-refractivity contribution in [1.29, 1.82) is 0 Å². The number of ether oxygens (including phenoxy) is 2. The van der Waals surface area contributed by atoms with E-state index in [4.69, 9.17) is 9.47 Å². The Bertz CT molecular complexity index is 736. The number of aromatic nitrogens is 3. The van der Waals surface area contributed by atoms with Gasteiger partial charge in [0.05, 0.1) is 0 Å². The third kappa shape index (κ3) is 1.80. The van der Waals surface area contributed by atoms with Gasteiger partial charge >= 0.3 is 0 Å². The molecular formula is C15H11N3O2. The second-order valence-electron chi connectivity index (χ2n) is 4.47. The van der Waals surface area contributed by atoms with Crippen molar-refractivity contribution in [2.24, 2.45) is 0 Å². The van der Waals surface area contributed by atoms with Crippen LogP contribution in [0.5, 0.6) is 0 Å². The smallest absolute Gasteiger partial charge is 0.266 e. The van der Waals surface area contributed by atoms with Crippen molar-refractivity contribution in [1.82, 2.24) is 15.0 Å². The van der Waals surface area contributed by atoms with Crippen LogP contribution in [0.25, 0.3) is 22.4 Å². The Morgan fingerprint density at radius 3 is 2.45 bits per heavy atom. The Hall–Kier alpha value is -2.82. The minimum Gasteiger partial charge on any atom is -0.455 e. The predicted molar refractivity (Wildman–Crippen MR) is 73.4 cm³/mol. The summed E-state index contributed by atoms with van der Waals surface area (Å²) >= 11 is 0. The molecule has 0 spiro atoms. The fourth-order valence-corrected chi connectivity index (χ4v) is 2.22. The zero-order chi connectivity index (χ0) is 13.4. The van der Waals surface area contributed by atoms with Crippen LogP contribution in [0.3, 0.4) is 0 Å². The maximum Gasteiger partial charge on any atom is 0.266 e. The molecule has 20 heavy (non-hydrogen) atoms. The highest BCUT2D eigenvalue weighted by molar-refractivity contribution is 5.79. The van der Waals surface area contributed by atoms with Gasteiger partial charge in [0.2, 0.25) is 0 Å². The molecule has 0 radical (unpaired) electrons. The molecule has 0 saturated heterocycles. The number of nitrogens with one attached hydrogen (secondary N) is 1. The number of nitrogens with zero attached hydrogens (tertiary/aromatic N) is 2. The molecule has 0 saturated carbocycles. The van der Waals surface area contributed by atoms with Crippen molar-refractivity contribution in [3.8, 4) is 11.3 Å². The van der Waals surface area contributed by atoms with Crippen molar-refractivity contribution in [3.63, 3.8) is 0 Å². The predicted octanol–water partition coefficient (Wildman–Crippen LogP) is 3.14. The van der Waals surface area contributed by atoms with Crippen LogP contribution < -0.4 is 0 Å². The zero-order valence-electron chi connectivity index (χ0n) is 10.5. The summed E-state index contributed by atoms with van der Waals surface area (Å²) in [7, 11) is 0. The summed E-state index contributed by atoms with van der Waals surface area (Å²) in [6.07, 6.45) is 6.12. The second kappa shape index (κ2) is 4.38. The van der Waals surface area contributed by atoms with Crippen LogP contribution in [0.2, 0.25) is 0 Å². The van der Waals surface area contributed by atoms with E-state index in [0.717, 1.165) is 28.0 Å². The fourth-order valence-electron chi connectivity index (χ4n) is 2.22. The van der Waals surface area contributed by atoms with Crippen molar-refractivity contribution in [2.75, 3.05) is 0 Å². The molecule has 1 N–H and O–H groups in total. The van der Waals surface area contributed by atoms with Crippen LogP contribution >= 0.6 is 0 Å². The van der Waals surface area contributed by atoms with Gasteiger partial charge < -0.3 is 14.5 Å². The molecule has 0 fully saturated rings. The molecule has 0 amide bonds. The summed E-state index contributed by atoms with van der Waals surface area (Å²) in [4.78, 5) is 11.8. The van der Waals surface area contributed by atoms with Crippen LogP contribution in [0, 0.1) is 0 Å². The van der Waals surface area contributed by atoms with Crippen LogP contribution in [0.4, 0.5) is 0 Å². The van der Waals surface area contributed by atoms with Gasteiger partial charge in [0, 0.05) is 23.7 Å². The lowest BCUT2D eigenvalue weighted by atomic mass is 10.1. The van der Waals surface area contributed by atoms with E-state index in [1.165, 1.54) is 0 Å². The SMILES string of the molecule is C1=COC(c2ccc(-c3cc4nccnc4[nH]3)cc2)O1. The summed E-state index contributed by atoms with van der Waals surface area (Å²) in [6.45, 7) is 0. The Kier molecular flexibility index (Phi) is 2.42. The lowest BCUT2D eigenvalue weighted by Crippen LogP contribution is -1.97.